The molecule has 1 heterocycles. The van der Waals surface area contributed by atoms with Crippen molar-refractivity contribution in [3.05, 3.63) is 45.4 Å². The first-order chi connectivity index (χ1) is 13.3. The molecule has 5 nitrogen and oxygen atoms in total. The zero-order chi connectivity index (χ0) is 18.9. The molecule has 0 spiro atoms. The summed E-state index contributed by atoms with van der Waals surface area (Å²) >= 11 is 1.92. The van der Waals surface area contributed by atoms with Gasteiger partial charge >= 0.3 is 0 Å². The van der Waals surface area contributed by atoms with Crippen LogP contribution in [0.2, 0.25) is 0 Å². The number of para-hydroxylation sites is 1. The van der Waals surface area contributed by atoms with E-state index in [9.17, 15) is 0 Å². The smallest absolute Gasteiger partial charge is 0.190 e. The highest BCUT2D eigenvalue weighted by Gasteiger charge is 2.14. The summed E-state index contributed by atoms with van der Waals surface area (Å²) in [6, 6.07) is 8.14. The van der Waals surface area contributed by atoms with Crippen LogP contribution in [0.5, 0.6) is 5.75 Å². The van der Waals surface area contributed by atoms with Crippen molar-refractivity contribution < 1.29 is 4.74 Å². The van der Waals surface area contributed by atoms with E-state index in [1.54, 1.807) is 7.11 Å². The highest BCUT2D eigenvalue weighted by molar-refractivity contribution is 14.0. The second-order valence-electron chi connectivity index (χ2n) is 6.78. The molecule has 0 unspecified atom stereocenters. The number of ether oxygens (including phenoxy) is 1. The van der Waals surface area contributed by atoms with Crippen LogP contribution in [0.15, 0.2) is 29.3 Å². The Bertz CT molecular complexity index is 739. The summed E-state index contributed by atoms with van der Waals surface area (Å²) in [5, 5.41) is 8.07. The fourth-order valence-electron chi connectivity index (χ4n) is 3.40. The number of hydrogen-bond acceptors (Lipinski definition) is 4. The molecular weight excluding hydrogens is 483 g/mol. The van der Waals surface area contributed by atoms with Gasteiger partial charge in [0.15, 0.2) is 5.96 Å². The number of nitrogens with zero attached hydrogens (tertiary/aromatic N) is 2. The minimum Gasteiger partial charge on any atom is -0.496 e. The molecule has 0 amide bonds. The van der Waals surface area contributed by atoms with Crippen molar-refractivity contribution in [3.8, 4) is 5.75 Å². The van der Waals surface area contributed by atoms with E-state index in [-0.39, 0.29) is 24.0 Å². The number of guanidine groups is 1. The molecule has 154 valence electrons. The van der Waals surface area contributed by atoms with Crippen molar-refractivity contribution in [2.45, 2.75) is 44.9 Å². The van der Waals surface area contributed by atoms with Crippen LogP contribution in [0.1, 0.15) is 40.4 Å². The fraction of sp³-hybridized carbons (Fsp3) is 0.524. The predicted molar refractivity (Wildman–Crippen MR) is 129 cm³/mol. The number of thiazole rings is 1. The third kappa shape index (κ3) is 6.62. The van der Waals surface area contributed by atoms with Gasteiger partial charge in [-0.25, -0.2) is 4.98 Å². The summed E-state index contributed by atoms with van der Waals surface area (Å²) in [6.45, 7) is 1.72. The SMILES string of the molecule is CN=C(NCCCc1nc2c(s1)CCCC2)NCCc1ccccc1OC.I. The predicted octanol–water partition coefficient (Wildman–Crippen LogP) is 3.99. The van der Waals surface area contributed by atoms with Crippen LogP contribution in [-0.2, 0) is 25.7 Å². The lowest BCUT2D eigenvalue weighted by atomic mass is 10.0. The molecule has 2 N–H and O–H groups in total. The molecule has 0 fully saturated rings. The molecular formula is C21H31IN4OS. The Kier molecular flexibility index (Phi) is 10.0. The molecule has 2 aromatic rings. The molecule has 1 aliphatic carbocycles. The second kappa shape index (κ2) is 12.3. The van der Waals surface area contributed by atoms with Gasteiger partial charge in [0.1, 0.15) is 5.75 Å². The van der Waals surface area contributed by atoms with E-state index >= 15 is 0 Å². The van der Waals surface area contributed by atoms with Crippen LogP contribution >= 0.6 is 35.3 Å². The normalized spacial score (nSPS) is 13.4. The molecule has 0 atom stereocenters. The number of aliphatic imine (C=N–C) groups is 1. The number of rotatable bonds is 8. The topological polar surface area (TPSA) is 58.5 Å². The number of fused-ring (bicyclic) bond motifs is 1. The number of benzene rings is 1. The molecule has 0 radical (unpaired) electrons. The largest absolute Gasteiger partial charge is 0.496 e. The van der Waals surface area contributed by atoms with Crippen LogP contribution < -0.4 is 15.4 Å². The number of methoxy groups -OCH3 is 1. The fourth-order valence-corrected chi connectivity index (χ4v) is 4.60. The Balaban J connectivity index is 0.00000280. The minimum atomic E-state index is 0. The van der Waals surface area contributed by atoms with Gasteiger partial charge < -0.3 is 15.4 Å². The first kappa shape index (κ1) is 22.9. The van der Waals surface area contributed by atoms with E-state index in [4.69, 9.17) is 9.72 Å². The van der Waals surface area contributed by atoms with Crippen molar-refractivity contribution in [2.24, 2.45) is 4.99 Å². The first-order valence-electron chi connectivity index (χ1n) is 9.84. The van der Waals surface area contributed by atoms with Gasteiger partial charge in [-0.1, -0.05) is 18.2 Å². The van der Waals surface area contributed by atoms with Gasteiger partial charge in [0.05, 0.1) is 17.8 Å². The summed E-state index contributed by atoms with van der Waals surface area (Å²) in [5.41, 5.74) is 2.57. The maximum atomic E-state index is 5.40. The number of nitrogens with one attached hydrogen (secondary N) is 2. The van der Waals surface area contributed by atoms with Crippen LogP contribution in [0.25, 0.3) is 0 Å². The van der Waals surface area contributed by atoms with Crippen LogP contribution in [0, 0.1) is 0 Å². The van der Waals surface area contributed by atoms with Crippen LogP contribution in [-0.4, -0.2) is 38.2 Å². The maximum Gasteiger partial charge on any atom is 0.190 e. The number of aromatic nitrogens is 1. The zero-order valence-corrected chi connectivity index (χ0v) is 19.9. The monoisotopic (exact) mass is 514 g/mol. The summed E-state index contributed by atoms with van der Waals surface area (Å²) in [4.78, 5) is 10.7. The standard InChI is InChI=1S/C21H30N4OS.HI/c1-22-21(24-15-13-16-8-3-5-10-18(16)26-2)23-14-7-12-20-25-17-9-4-6-11-19(17)27-20;/h3,5,8,10H,4,6-7,9,11-15H2,1-2H3,(H2,22,23,24);1H. The molecule has 0 aliphatic heterocycles. The molecule has 1 aliphatic rings. The summed E-state index contributed by atoms with van der Waals surface area (Å²) < 4.78 is 5.40. The Morgan fingerprint density at radius 2 is 1.93 bits per heavy atom. The molecule has 0 saturated heterocycles. The average Bonchev–Trinajstić information content (AvgIpc) is 3.13. The van der Waals surface area contributed by atoms with E-state index in [0.29, 0.717) is 0 Å². The van der Waals surface area contributed by atoms with Gasteiger partial charge in [0.2, 0.25) is 0 Å². The Morgan fingerprint density at radius 1 is 1.14 bits per heavy atom. The zero-order valence-electron chi connectivity index (χ0n) is 16.8. The number of halogens is 1. The van der Waals surface area contributed by atoms with Crippen LogP contribution in [0.3, 0.4) is 0 Å². The summed E-state index contributed by atoms with van der Waals surface area (Å²) in [7, 11) is 3.53. The van der Waals surface area contributed by atoms with Gasteiger partial charge in [-0.15, -0.1) is 35.3 Å². The van der Waals surface area contributed by atoms with Crippen molar-refractivity contribution in [1.82, 2.24) is 15.6 Å². The van der Waals surface area contributed by atoms with Gasteiger partial charge in [0, 0.05) is 31.4 Å². The van der Waals surface area contributed by atoms with Crippen molar-refractivity contribution >= 4 is 41.3 Å². The molecule has 28 heavy (non-hydrogen) atoms. The lowest BCUT2D eigenvalue weighted by Crippen LogP contribution is -2.38. The van der Waals surface area contributed by atoms with Gasteiger partial charge in [-0.05, 0) is 50.2 Å². The summed E-state index contributed by atoms with van der Waals surface area (Å²) in [5.74, 6) is 1.79. The average molecular weight is 514 g/mol. The lowest BCUT2D eigenvalue weighted by molar-refractivity contribution is 0.409. The molecule has 7 heteroatoms. The summed E-state index contributed by atoms with van der Waals surface area (Å²) in [6.07, 6.45) is 8.04. The molecule has 3 rings (SSSR count). The van der Waals surface area contributed by atoms with E-state index in [1.807, 2.05) is 36.6 Å². The van der Waals surface area contributed by atoms with Gasteiger partial charge in [0.25, 0.3) is 0 Å². The minimum absolute atomic E-state index is 0. The molecule has 1 aromatic carbocycles. The Morgan fingerprint density at radius 3 is 2.71 bits per heavy atom. The number of hydrogen-bond donors (Lipinski definition) is 2. The van der Waals surface area contributed by atoms with E-state index in [2.05, 4.69) is 21.7 Å². The molecule has 1 aromatic heterocycles. The molecule has 0 bridgehead atoms. The maximum absolute atomic E-state index is 5.40. The lowest BCUT2D eigenvalue weighted by Gasteiger charge is -2.13. The van der Waals surface area contributed by atoms with Crippen molar-refractivity contribution in [3.63, 3.8) is 0 Å². The third-order valence-corrected chi connectivity index (χ3v) is 6.07. The van der Waals surface area contributed by atoms with Crippen LogP contribution in [0.4, 0.5) is 0 Å². The van der Waals surface area contributed by atoms with E-state index < -0.39 is 0 Å². The number of aryl methyl sites for hydroxylation is 3. The third-order valence-electron chi connectivity index (χ3n) is 4.85. The van der Waals surface area contributed by atoms with E-state index in [1.165, 1.54) is 46.8 Å². The van der Waals surface area contributed by atoms with Gasteiger partial charge in [-0.2, -0.15) is 0 Å². The first-order valence-corrected chi connectivity index (χ1v) is 10.7. The highest BCUT2D eigenvalue weighted by Crippen LogP contribution is 2.27. The highest BCUT2D eigenvalue weighted by atomic mass is 127. The van der Waals surface area contributed by atoms with E-state index in [0.717, 1.165) is 44.1 Å². The Labute approximate surface area is 189 Å². The molecule has 0 saturated carbocycles. The van der Waals surface area contributed by atoms with Crippen molar-refractivity contribution in [2.75, 3.05) is 27.2 Å². The second-order valence-corrected chi connectivity index (χ2v) is 7.94. The van der Waals surface area contributed by atoms with Gasteiger partial charge in [-0.3, -0.25) is 4.99 Å². The van der Waals surface area contributed by atoms with Crippen molar-refractivity contribution in [1.29, 1.82) is 0 Å². The quantitative estimate of drug-likeness (QED) is 0.242. The Hall–Kier alpha value is -1.35.